The fourth-order valence-electron chi connectivity index (χ4n) is 2.20. The minimum Gasteiger partial charge on any atom is -0.324 e. The van der Waals surface area contributed by atoms with Gasteiger partial charge in [-0.1, -0.05) is 19.1 Å². The van der Waals surface area contributed by atoms with Crippen LogP contribution >= 0.6 is 0 Å². The summed E-state index contributed by atoms with van der Waals surface area (Å²) in [6.45, 7) is 2.82. The normalized spacial score (nSPS) is 18.9. The van der Waals surface area contributed by atoms with Gasteiger partial charge in [-0.25, -0.2) is 13.1 Å². The van der Waals surface area contributed by atoms with Crippen LogP contribution in [0.4, 0.5) is 5.69 Å². The van der Waals surface area contributed by atoms with Crippen molar-refractivity contribution in [3.8, 4) is 0 Å². The fraction of sp³-hybridized carbons (Fsp3) is 0.462. The molecule has 0 aliphatic carbocycles. The lowest BCUT2D eigenvalue weighted by atomic mass is 10.2. The highest BCUT2D eigenvalue weighted by atomic mass is 32.2. The number of carbonyl (C=O) groups excluding carboxylic acids is 1. The molecule has 0 radical (unpaired) electrons. The van der Waals surface area contributed by atoms with Crippen molar-refractivity contribution in [2.24, 2.45) is 0 Å². The predicted octanol–water partition coefficient (Wildman–Crippen LogP) is 0.675. The molecule has 0 aromatic heterocycles. The Bertz CT molecular complexity index is 580. The SMILES string of the molecule is CCNS(=O)(=O)c1ccccc1NC(=O)[C@H]1CCCN1. The number of hydrogen-bond acceptors (Lipinski definition) is 4. The highest BCUT2D eigenvalue weighted by Crippen LogP contribution is 2.21. The molecule has 1 saturated heterocycles. The highest BCUT2D eigenvalue weighted by Gasteiger charge is 2.24. The average molecular weight is 297 g/mol. The van der Waals surface area contributed by atoms with Crippen LogP contribution in [0.5, 0.6) is 0 Å². The first-order valence-corrected chi connectivity index (χ1v) is 8.16. The maximum absolute atomic E-state index is 12.1. The predicted molar refractivity (Wildman–Crippen MR) is 77.0 cm³/mol. The van der Waals surface area contributed by atoms with Crippen molar-refractivity contribution in [1.82, 2.24) is 10.0 Å². The zero-order valence-corrected chi connectivity index (χ0v) is 12.2. The largest absolute Gasteiger partial charge is 0.324 e. The summed E-state index contributed by atoms with van der Waals surface area (Å²) in [5.74, 6) is -0.193. The third-order valence-corrected chi connectivity index (χ3v) is 4.75. The van der Waals surface area contributed by atoms with Crippen LogP contribution in [0.3, 0.4) is 0 Å². The maximum Gasteiger partial charge on any atom is 0.242 e. The average Bonchev–Trinajstić information content (AvgIpc) is 2.93. The first kappa shape index (κ1) is 15.0. The fourth-order valence-corrected chi connectivity index (χ4v) is 3.40. The van der Waals surface area contributed by atoms with Crippen LogP contribution in [0.25, 0.3) is 0 Å². The highest BCUT2D eigenvalue weighted by molar-refractivity contribution is 7.89. The molecule has 1 aromatic rings. The Morgan fingerprint density at radius 2 is 2.15 bits per heavy atom. The second-order valence-corrected chi connectivity index (χ2v) is 6.37. The van der Waals surface area contributed by atoms with Gasteiger partial charge in [0.2, 0.25) is 15.9 Å². The zero-order valence-electron chi connectivity index (χ0n) is 11.3. The number of amides is 1. The van der Waals surface area contributed by atoms with Crippen LogP contribution in [0.15, 0.2) is 29.2 Å². The number of rotatable bonds is 5. The van der Waals surface area contributed by atoms with Crippen molar-refractivity contribution in [3.63, 3.8) is 0 Å². The van der Waals surface area contributed by atoms with E-state index in [-0.39, 0.29) is 16.8 Å². The first-order valence-electron chi connectivity index (χ1n) is 6.67. The van der Waals surface area contributed by atoms with Gasteiger partial charge in [-0.3, -0.25) is 4.79 Å². The molecule has 0 spiro atoms. The molecule has 1 fully saturated rings. The third kappa shape index (κ3) is 3.36. The molecule has 2 rings (SSSR count). The van der Waals surface area contributed by atoms with E-state index in [1.807, 2.05) is 0 Å². The summed E-state index contributed by atoms with van der Waals surface area (Å²) < 4.78 is 26.6. The molecule has 1 aliphatic rings. The summed E-state index contributed by atoms with van der Waals surface area (Å²) in [5, 5.41) is 5.78. The van der Waals surface area contributed by atoms with Crippen molar-refractivity contribution in [1.29, 1.82) is 0 Å². The molecule has 1 heterocycles. The van der Waals surface area contributed by atoms with E-state index < -0.39 is 10.0 Å². The summed E-state index contributed by atoms with van der Waals surface area (Å²) in [7, 11) is -3.60. The number of hydrogen-bond donors (Lipinski definition) is 3. The number of sulfonamides is 1. The second-order valence-electron chi connectivity index (χ2n) is 4.64. The van der Waals surface area contributed by atoms with E-state index in [9.17, 15) is 13.2 Å². The van der Waals surface area contributed by atoms with Gasteiger partial charge in [0.25, 0.3) is 0 Å². The van der Waals surface area contributed by atoms with E-state index in [0.29, 0.717) is 12.2 Å². The monoisotopic (exact) mass is 297 g/mol. The Labute approximate surface area is 119 Å². The Balaban J connectivity index is 2.22. The van der Waals surface area contributed by atoms with Crippen molar-refractivity contribution in [3.05, 3.63) is 24.3 Å². The van der Waals surface area contributed by atoms with Crippen molar-refractivity contribution in [2.45, 2.75) is 30.7 Å². The number of anilines is 1. The molecule has 7 heteroatoms. The second kappa shape index (κ2) is 6.34. The van der Waals surface area contributed by atoms with Crippen LogP contribution in [0.1, 0.15) is 19.8 Å². The molecule has 110 valence electrons. The standard InChI is InChI=1S/C13H19N3O3S/c1-2-15-20(18,19)12-8-4-3-6-10(12)16-13(17)11-7-5-9-14-11/h3-4,6,8,11,14-15H,2,5,7,9H2,1H3,(H,16,17)/t11-/m1/s1. The Morgan fingerprint density at radius 1 is 1.40 bits per heavy atom. The van der Waals surface area contributed by atoms with Crippen LogP contribution in [-0.2, 0) is 14.8 Å². The molecule has 1 amide bonds. The molecule has 20 heavy (non-hydrogen) atoms. The number of para-hydroxylation sites is 1. The van der Waals surface area contributed by atoms with Gasteiger partial charge in [-0.05, 0) is 31.5 Å². The van der Waals surface area contributed by atoms with Gasteiger partial charge < -0.3 is 10.6 Å². The molecule has 1 atom stereocenters. The smallest absolute Gasteiger partial charge is 0.242 e. The summed E-state index contributed by atoms with van der Waals surface area (Å²) in [6.07, 6.45) is 1.73. The van der Waals surface area contributed by atoms with E-state index in [2.05, 4.69) is 15.4 Å². The number of nitrogens with one attached hydrogen (secondary N) is 3. The maximum atomic E-state index is 12.1. The van der Waals surface area contributed by atoms with E-state index in [1.54, 1.807) is 25.1 Å². The number of carbonyl (C=O) groups is 1. The summed E-state index contributed by atoms with van der Waals surface area (Å²) in [6, 6.07) is 6.16. The van der Waals surface area contributed by atoms with Gasteiger partial charge in [0.1, 0.15) is 4.90 Å². The van der Waals surface area contributed by atoms with Crippen LogP contribution in [0.2, 0.25) is 0 Å². The van der Waals surface area contributed by atoms with E-state index in [0.717, 1.165) is 19.4 Å². The van der Waals surface area contributed by atoms with Crippen molar-refractivity contribution >= 4 is 21.6 Å². The molecular formula is C13H19N3O3S. The van der Waals surface area contributed by atoms with Crippen LogP contribution in [-0.4, -0.2) is 33.5 Å². The lowest BCUT2D eigenvalue weighted by molar-refractivity contribution is -0.117. The molecule has 1 aromatic carbocycles. The van der Waals surface area contributed by atoms with Gasteiger partial charge in [0, 0.05) is 6.54 Å². The molecule has 0 saturated carbocycles. The molecule has 1 aliphatic heterocycles. The molecular weight excluding hydrogens is 278 g/mol. The molecule has 3 N–H and O–H groups in total. The first-order chi connectivity index (χ1) is 9.54. The van der Waals surface area contributed by atoms with Gasteiger partial charge in [0.05, 0.1) is 11.7 Å². The molecule has 0 unspecified atom stereocenters. The van der Waals surface area contributed by atoms with E-state index in [1.165, 1.54) is 6.07 Å². The quantitative estimate of drug-likeness (QED) is 0.745. The van der Waals surface area contributed by atoms with Gasteiger partial charge >= 0.3 is 0 Å². The minimum atomic E-state index is -3.60. The molecule has 0 bridgehead atoms. The zero-order chi connectivity index (χ0) is 14.6. The number of benzene rings is 1. The Kier molecular flexibility index (Phi) is 4.74. The van der Waals surface area contributed by atoms with Gasteiger partial charge in [-0.2, -0.15) is 0 Å². The van der Waals surface area contributed by atoms with Gasteiger partial charge in [0.15, 0.2) is 0 Å². The van der Waals surface area contributed by atoms with Crippen molar-refractivity contribution < 1.29 is 13.2 Å². The third-order valence-electron chi connectivity index (χ3n) is 3.15. The topological polar surface area (TPSA) is 87.3 Å². The Morgan fingerprint density at radius 3 is 2.80 bits per heavy atom. The van der Waals surface area contributed by atoms with Crippen LogP contribution in [0, 0.1) is 0 Å². The lowest BCUT2D eigenvalue weighted by Gasteiger charge is -2.14. The summed E-state index contributed by atoms with van der Waals surface area (Å²) >= 11 is 0. The molecule has 6 nitrogen and oxygen atoms in total. The van der Waals surface area contributed by atoms with Crippen LogP contribution < -0.4 is 15.4 Å². The Hall–Kier alpha value is -1.44. The minimum absolute atomic E-state index is 0.0909. The summed E-state index contributed by atoms with van der Waals surface area (Å²) in [4.78, 5) is 12.2. The lowest BCUT2D eigenvalue weighted by Crippen LogP contribution is -2.36. The van der Waals surface area contributed by atoms with E-state index in [4.69, 9.17) is 0 Å². The van der Waals surface area contributed by atoms with Gasteiger partial charge in [-0.15, -0.1) is 0 Å². The van der Waals surface area contributed by atoms with Crippen molar-refractivity contribution in [2.75, 3.05) is 18.4 Å². The summed E-state index contributed by atoms with van der Waals surface area (Å²) in [5.41, 5.74) is 0.312. The van der Waals surface area contributed by atoms with E-state index >= 15 is 0 Å².